The first-order chi connectivity index (χ1) is 16.5. The fourth-order valence-electron chi connectivity index (χ4n) is 3.72. The number of anilines is 1. The topological polar surface area (TPSA) is 136 Å². The van der Waals surface area contributed by atoms with E-state index in [0.717, 1.165) is 21.6 Å². The highest BCUT2D eigenvalue weighted by molar-refractivity contribution is 8.26. The molecule has 2 aliphatic heterocycles. The first-order valence-electron chi connectivity index (χ1n) is 10.0. The Hall–Kier alpha value is -3.26. The molecule has 0 aliphatic carbocycles. The van der Waals surface area contributed by atoms with Crippen LogP contribution in [0.3, 0.4) is 0 Å². The van der Waals surface area contributed by atoms with Gasteiger partial charge in [-0.15, -0.1) is 0 Å². The van der Waals surface area contributed by atoms with Crippen LogP contribution in [0.15, 0.2) is 52.3 Å². The van der Waals surface area contributed by atoms with Gasteiger partial charge in [0.2, 0.25) is 15.9 Å². The molecule has 35 heavy (non-hydrogen) atoms. The van der Waals surface area contributed by atoms with Gasteiger partial charge in [-0.3, -0.25) is 19.3 Å². The molecule has 2 aromatic carbocycles. The molecule has 2 N–H and O–H groups in total. The van der Waals surface area contributed by atoms with Crippen molar-refractivity contribution in [2.45, 2.75) is 17.4 Å². The summed E-state index contributed by atoms with van der Waals surface area (Å²) in [6.45, 7) is 0. The number of imide groups is 1. The molecule has 2 saturated heterocycles. The highest BCUT2D eigenvalue weighted by Gasteiger charge is 2.48. The van der Waals surface area contributed by atoms with Crippen LogP contribution >= 0.6 is 24.0 Å². The van der Waals surface area contributed by atoms with Crippen molar-refractivity contribution in [3.05, 3.63) is 52.9 Å². The zero-order chi connectivity index (χ0) is 25.5. The third kappa shape index (κ3) is 4.67. The summed E-state index contributed by atoms with van der Waals surface area (Å²) in [7, 11) is -0.919. The van der Waals surface area contributed by atoms with Crippen LogP contribution in [0.4, 0.5) is 5.69 Å². The molecule has 0 aromatic heterocycles. The van der Waals surface area contributed by atoms with Gasteiger partial charge in [-0.2, -0.15) is 0 Å². The van der Waals surface area contributed by atoms with Crippen LogP contribution in [0.5, 0.6) is 11.5 Å². The molecule has 182 valence electrons. The number of carbonyl (C=O) groups is 3. The number of nitrogens with two attached hydrogens (primary N) is 1. The highest BCUT2D eigenvalue weighted by atomic mass is 32.2. The van der Waals surface area contributed by atoms with E-state index in [-0.39, 0.29) is 21.3 Å². The van der Waals surface area contributed by atoms with Gasteiger partial charge in [0.05, 0.1) is 36.1 Å². The van der Waals surface area contributed by atoms with Crippen LogP contribution in [-0.4, -0.2) is 55.6 Å². The van der Waals surface area contributed by atoms with E-state index in [1.807, 2.05) is 0 Å². The zero-order valence-electron chi connectivity index (χ0n) is 18.5. The number of primary sulfonamides is 1. The number of rotatable bonds is 6. The number of thiocarbonyl (C=S) groups is 1. The average Bonchev–Trinajstić information content (AvgIpc) is 3.26. The van der Waals surface area contributed by atoms with Crippen LogP contribution in [0.25, 0.3) is 6.08 Å². The van der Waals surface area contributed by atoms with Crippen LogP contribution in [0.1, 0.15) is 12.0 Å². The van der Waals surface area contributed by atoms with E-state index >= 15 is 0 Å². The maximum absolute atomic E-state index is 13.2. The molecule has 4 rings (SSSR count). The number of hydrogen-bond donors (Lipinski definition) is 1. The Kier molecular flexibility index (Phi) is 6.68. The minimum absolute atomic E-state index is 0.152. The molecule has 0 bridgehead atoms. The van der Waals surface area contributed by atoms with Crippen molar-refractivity contribution in [3.8, 4) is 11.5 Å². The van der Waals surface area contributed by atoms with E-state index in [1.54, 1.807) is 24.3 Å². The maximum atomic E-state index is 13.2. The molecule has 0 saturated carbocycles. The van der Waals surface area contributed by atoms with Gasteiger partial charge in [-0.25, -0.2) is 18.5 Å². The fraction of sp³-hybridized carbons (Fsp3) is 0.182. The second-order valence-electron chi connectivity index (χ2n) is 7.49. The van der Waals surface area contributed by atoms with Crippen LogP contribution < -0.4 is 19.5 Å². The number of amides is 3. The summed E-state index contributed by atoms with van der Waals surface area (Å²) in [6, 6.07) is 9.04. The predicted molar refractivity (Wildman–Crippen MR) is 133 cm³/mol. The SMILES string of the molecule is COc1ccc(/C=C2\SC(=S)N(C3CC(=O)N(c4ccc(S(N)(=O)=O)cc4)C3=O)C2=O)cc1OC. The molecule has 2 aromatic rings. The molecular formula is C22H19N3O7S3. The number of benzene rings is 2. The van der Waals surface area contributed by atoms with E-state index < -0.39 is 33.8 Å². The van der Waals surface area contributed by atoms with Gasteiger partial charge in [-0.1, -0.05) is 30.0 Å². The van der Waals surface area contributed by atoms with Gasteiger partial charge in [0, 0.05) is 0 Å². The maximum Gasteiger partial charge on any atom is 0.266 e. The van der Waals surface area contributed by atoms with Gasteiger partial charge in [-0.05, 0) is 48.0 Å². The number of methoxy groups -OCH3 is 2. The average molecular weight is 534 g/mol. The molecule has 2 heterocycles. The van der Waals surface area contributed by atoms with E-state index in [4.69, 9.17) is 26.8 Å². The Morgan fingerprint density at radius 1 is 1.06 bits per heavy atom. The van der Waals surface area contributed by atoms with Gasteiger partial charge < -0.3 is 9.47 Å². The summed E-state index contributed by atoms with van der Waals surface area (Å²) >= 11 is 6.39. The fourth-order valence-corrected chi connectivity index (χ4v) is 5.59. The summed E-state index contributed by atoms with van der Waals surface area (Å²) in [4.78, 5) is 41.2. The lowest BCUT2D eigenvalue weighted by Crippen LogP contribution is -2.44. The van der Waals surface area contributed by atoms with Crippen LogP contribution in [0.2, 0.25) is 0 Å². The molecule has 2 aliphatic rings. The third-order valence-corrected chi connectivity index (χ3v) is 7.65. The Balaban J connectivity index is 1.58. The van der Waals surface area contributed by atoms with Gasteiger partial charge in [0.1, 0.15) is 10.4 Å². The number of carbonyl (C=O) groups excluding carboxylic acids is 3. The van der Waals surface area contributed by atoms with Gasteiger partial charge in [0.15, 0.2) is 11.5 Å². The Bertz CT molecular complexity index is 1390. The lowest BCUT2D eigenvalue weighted by Gasteiger charge is -2.21. The number of nitrogens with zero attached hydrogens (tertiary/aromatic N) is 2. The molecule has 0 spiro atoms. The van der Waals surface area contributed by atoms with Crippen LogP contribution in [0, 0.1) is 0 Å². The van der Waals surface area contributed by atoms with Gasteiger partial charge >= 0.3 is 0 Å². The number of ether oxygens (including phenoxy) is 2. The lowest BCUT2D eigenvalue weighted by atomic mass is 10.1. The van der Waals surface area contributed by atoms with E-state index in [2.05, 4.69) is 0 Å². The van der Waals surface area contributed by atoms with Crippen molar-refractivity contribution in [3.63, 3.8) is 0 Å². The normalized spacial score (nSPS) is 19.7. The predicted octanol–water partition coefficient (Wildman–Crippen LogP) is 1.88. The largest absolute Gasteiger partial charge is 0.493 e. The van der Waals surface area contributed by atoms with Crippen molar-refractivity contribution in [2.24, 2.45) is 5.14 Å². The van der Waals surface area contributed by atoms with Crippen molar-refractivity contribution in [1.82, 2.24) is 4.90 Å². The van der Waals surface area contributed by atoms with Crippen molar-refractivity contribution in [1.29, 1.82) is 0 Å². The first kappa shape index (κ1) is 24.9. The first-order valence-corrected chi connectivity index (χ1v) is 12.8. The molecule has 13 heteroatoms. The van der Waals surface area contributed by atoms with Gasteiger partial charge in [0.25, 0.3) is 11.8 Å². The minimum Gasteiger partial charge on any atom is -0.493 e. The van der Waals surface area contributed by atoms with E-state index in [0.29, 0.717) is 22.0 Å². The van der Waals surface area contributed by atoms with E-state index in [1.165, 1.54) is 38.5 Å². The summed E-state index contributed by atoms with van der Waals surface area (Å²) in [5, 5.41) is 5.09. The highest BCUT2D eigenvalue weighted by Crippen LogP contribution is 2.38. The summed E-state index contributed by atoms with van der Waals surface area (Å²) in [5.41, 5.74) is 0.828. The lowest BCUT2D eigenvalue weighted by molar-refractivity contribution is -0.129. The number of hydrogen-bond acceptors (Lipinski definition) is 9. The Labute approximate surface area is 210 Å². The Morgan fingerprint density at radius 2 is 1.71 bits per heavy atom. The molecular weight excluding hydrogens is 514 g/mol. The van der Waals surface area contributed by atoms with E-state index in [9.17, 15) is 22.8 Å². The van der Waals surface area contributed by atoms with Crippen molar-refractivity contribution >= 4 is 67.8 Å². The summed E-state index contributed by atoms with van der Waals surface area (Å²) in [6.07, 6.45) is 1.36. The molecule has 10 nitrogen and oxygen atoms in total. The molecule has 2 fully saturated rings. The second kappa shape index (κ2) is 9.41. The molecule has 1 atom stereocenters. The quantitative estimate of drug-likeness (QED) is 0.335. The van der Waals surface area contributed by atoms with Crippen molar-refractivity contribution in [2.75, 3.05) is 19.1 Å². The molecule has 1 unspecified atom stereocenters. The Morgan fingerprint density at radius 3 is 2.31 bits per heavy atom. The standard InChI is InChI=1S/C22H19N3O7S3/c1-31-16-8-3-12(9-17(16)32-2)10-18-21(28)25(22(33)34-18)15-11-19(26)24(20(15)27)13-4-6-14(7-5-13)35(23,29)30/h3-10,15H,11H2,1-2H3,(H2,23,29,30)/b18-10-. The second-order valence-corrected chi connectivity index (χ2v) is 10.7. The number of sulfonamides is 1. The van der Waals surface area contributed by atoms with Crippen molar-refractivity contribution < 1.29 is 32.3 Å². The molecule has 0 radical (unpaired) electrons. The smallest absolute Gasteiger partial charge is 0.266 e. The minimum atomic E-state index is -3.93. The third-order valence-electron chi connectivity index (χ3n) is 5.39. The zero-order valence-corrected chi connectivity index (χ0v) is 20.9. The van der Waals surface area contributed by atoms with Crippen LogP contribution in [-0.2, 0) is 24.4 Å². The summed E-state index contributed by atoms with van der Waals surface area (Å²) < 4.78 is 33.6. The summed E-state index contributed by atoms with van der Waals surface area (Å²) in [5.74, 6) is -0.655. The monoisotopic (exact) mass is 533 g/mol. The molecule has 3 amide bonds. The number of thioether (sulfide) groups is 1.